The van der Waals surface area contributed by atoms with E-state index in [0.29, 0.717) is 35.3 Å². The Morgan fingerprint density at radius 3 is 2.94 bits per heavy atom. The van der Waals surface area contributed by atoms with Crippen LogP contribution in [0.5, 0.6) is 0 Å². The fraction of sp³-hybridized carbons (Fsp3) is 0.318. The third-order valence-electron chi connectivity index (χ3n) is 5.24. The van der Waals surface area contributed by atoms with E-state index in [0.717, 1.165) is 5.56 Å². The summed E-state index contributed by atoms with van der Waals surface area (Å²) in [4.78, 5) is 21.4. The first kappa shape index (κ1) is 21.4. The van der Waals surface area contributed by atoms with Crippen LogP contribution >= 0.6 is 11.6 Å². The van der Waals surface area contributed by atoms with Crippen molar-refractivity contribution < 1.29 is 14.2 Å². The van der Waals surface area contributed by atoms with Gasteiger partial charge in [0.2, 0.25) is 5.95 Å². The van der Waals surface area contributed by atoms with Gasteiger partial charge in [-0.15, -0.1) is 0 Å². The number of alkyl halides is 1. The minimum Gasteiger partial charge on any atom is -0.394 e. The first-order chi connectivity index (χ1) is 15.0. The predicted octanol–water partition coefficient (Wildman–Crippen LogP) is 3.08. The Morgan fingerprint density at radius 2 is 2.19 bits per heavy atom. The number of nitrogens with zero attached hydrogens (tertiary/aromatic N) is 3. The molecule has 2 aromatic heterocycles. The lowest BCUT2D eigenvalue weighted by Crippen LogP contribution is -2.39. The van der Waals surface area contributed by atoms with Gasteiger partial charge in [-0.25, -0.2) is 14.4 Å². The Balaban J connectivity index is 1.58. The van der Waals surface area contributed by atoms with Crippen LogP contribution in [0.1, 0.15) is 18.0 Å². The molecule has 3 heterocycles. The number of nitrogens with one attached hydrogen (secondary N) is 1. The molecule has 0 spiro atoms. The normalized spacial score (nSPS) is 19.7. The largest absolute Gasteiger partial charge is 0.394 e. The maximum atomic E-state index is 14.0. The second-order valence-corrected chi connectivity index (χ2v) is 7.75. The van der Waals surface area contributed by atoms with Crippen molar-refractivity contribution in [1.82, 2.24) is 14.5 Å². The zero-order chi connectivity index (χ0) is 21.8. The zero-order valence-electron chi connectivity index (χ0n) is 16.6. The van der Waals surface area contributed by atoms with E-state index < -0.39 is 18.3 Å². The van der Waals surface area contributed by atoms with Crippen LogP contribution in [0.15, 0.2) is 59.7 Å². The van der Waals surface area contributed by atoms with E-state index in [1.54, 1.807) is 42.7 Å². The third-order valence-corrected chi connectivity index (χ3v) is 5.48. The van der Waals surface area contributed by atoms with E-state index in [1.165, 1.54) is 10.6 Å². The summed E-state index contributed by atoms with van der Waals surface area (Å²) in [7, 11) is 0. The Morgan fingerprint density at radius 1 is 1.32 bits per heavy atom. The maximum absolute atomic E-state index is 14.0. The van der Waals surface area contributed by atoms with E-state index in [2.05, 4.69) is 15.3 Å². The second-order valence-electron chi connectivity index (χ2n) is 7.31. The molecule has 1 aliphatic rings. The minimum absolute atomic E-state index is 0.0498. The summed E-state index contributed by atoms with van der Waals surface area (Å²) in [5.74, 6) is 0.295. The maximum Gasteiger partial charge on any atom is 0.251 e. The van der Waals surface area contributed by atoms with Gasteiger partial charge in [0, 0.05) is 35.7 Å². The molecule has 9 heteroatoms. The average molecular weight is 445 g/mol. The number of hydrogen-bond acceptors (Lipinski definition) is 6. The van der Waals surface area contributed by atoms with Gasteiger partial charge in [0.15, 0.2) is 0 Å². The van der Waals surface area contributed by atoms with Crippen LogP contribution < -0.4 is 10.9 Å². The van der Waals surface area contributed by atoms with E-state index in [4.69, 9.17) is 16.3 Å². The van der Waals surface area contributed by atoms with Gasteiger partial charge < -0.3 is 19.7 Å². The van der Waals surface area contributed by atoms with Crippen molar-refractivity contribution in [1.29, 1.82) is 0 Å². The summed E-state index contributed by atoms with van der Waals surface area (Å²) in [5.41, 5.74) is 1.57. The molecule has 1 unspecified atom stereocenters. The number of benzene rings is 1. The molecule has 0 aliphatic carbocycles. The number of rotatable bonds is 6. The van der Waals surface area contributed by atoms with Gasteiger partial charge in [-0.1, -0.05) is 23.7 Å². The van der Waals surface area contributed by atoms with Crippen molar-refractivity contribution in [2.24, 2.45) is 0 Å². The molecular weight excluding hydrogens is 423 g/mol. The van der Waals surface area contributed by atoms with Gasteiger partial charge in [0.1, 0.15) is 6.17 Å². The quantitative estimate of drug-likeness (QED) is 0.607. The molecule has 0 radical (unpaired) electrons. The number of ether oxygens (including phenoxy) is 1. The monoisotopic (exact) mass is 444 g/mol. The molecule has 1 fully saturated rings. The van der Waals surface area contributed by atoms with Crippen molar-refractivity contribution >= 4 is 17.5 Å². The molecule has 7 nitrogen and oxygen atoms in total. The van der Waals surface area contributed by atoms with Gasteiger partial charge in [-0.05, 0) is 36.2 Å². The summed E-state index contributed by atoms with van der Waals surface area (Å²) in [6.07, 6.45) is 2.57. The molecule has 3 aromatic rings. The average Bonchev–Trinajstić information content (AvgIpc) is 2.77. The Bertz CT molecular complexity index is 1110. The molecule has 3 atom stereocenters. The lowest BCUT2D eigenvalue weighted by molar-refractivity contribution is 0.0284. The van der Waals surface area contributed by atoms with Crippen molar-refractivity contribution in [2.75, 3.05) is 25.1 Å². The third kappa shape index (κ3) is 4.92. The lowest BCUT2D eigenvalue weighted by atomic mass is 10.1. The van der Waals surface area contributed by atoms with Gasteiger partial charge in [0.25, 0.3) is 5.56 Å². The van der Waals surface area contributed by atoms with Crippen LogP contribution in [-0.4, -0.2) is 51.7 Å². The number of aromatic nitrogens is 3. The molecule has 1 aromatic carbocycles. The standard InChI is InChI=1S/C22H22ClFN4O3/c23-16-3-1-2-15(10-16)20(12-29)28-8-5-14(11-21(28)30)18-4-7-25-22(26-18)27-19-6-9-31-13-17(19)24/h1-5,7-8,10-11,17,19-20,29H,6,9,12-13H2,(H,25,26,27)/t17-,19+,20?/m1/s1. The second kappa shape index (κ2) is 9.55. The molecule has 1 aliphatic heterocycles. The summed E-state index contributed by atoms with van der Waals surface area (Å²) in [6, 6.07) is 10.9. The highest BCUT2D eigenvalue weighted by atomic mass is 35.5. The summed E-state index contributed by atoms with van der Waals surface area (Å²) in [5, 5.41) is 13.4. The van der Waals surface area contributed by atoms with Crippen LogP contribution in [0.2, 0.25) is 5.02 Å². The Labute approximate surface area is 183 Å². The highest BCUT2D eigenvalue weighted by Gasteiger charge is 2.26. The number of pyridine rings is 1. The molecular formula is C22H22ClFN4O3. The van der Waals surface area contributed by atoms with Gasteiger partial charge in [0.05, 0.1) is 31.0 Å². The SMILES string of the molecule is O=c1cc(-c2ccnc(N[C@H]3CCOC[C@H]3F)n2)ccn1C(CO)c1cccc(Cl)c1. The molecule has 4 rings (SSSR count). The zero-order valence-corrected chi connectivity index (χ0v) is 17.4. The molecule has 1 saturated heterocycles. The van der Waals surface area contributed by atoms with Crippen molar-refractivity contribution in [3.8, 4) is 11.3 Å². The minimum atomic E-state index is -1.13. The smallest absolute Gasteiger partial charge is 0.251 e. The summed E-state index contributed by atoms with van der Waals surface area (Å²) in [6.45, 7) is 0.277. The molecule has 0 amide bonds. The highest BCUT2D eigenvalue weighted by molar-refractivity contribution is 6.30. The van der Waals surface area contributed by atoms with Crippen LogP contribution in [0.4, 0.5) is 10.3 Å². The molecule has 0 bridgehead atoms. The summed E-state index contributed by atoms with van der Waals surface area (Å²) < 4.78 is 20.6. The number of halogens is 2. The van der Waals surface area contributed by atoms with E-state index in [1.807, 2.05) is 6.07 Å². The van der Waals surface area contributed by atoms with E-state index >= 15 is 0 Å². The fourth-order valence-electron chi connectivity index (χ4n) is 3.60. The molecule has 2 N–H and O–H groups in total. The van der Waals surface area contributed by atoms with Crippen molar-refractivity contribution in [2.45, 2.75) is 24.7 Å². The highest BCUT2D eigenvalue weighted by Crippen LogP contribution is 2.22. The summed E-state index contributed by atoms with van der Waals surface area (Å²) >= 11 is 6.05. The van der Waals surface area contributed by atoms with Gasteiger partial charge >= 0.3 is 0 Å². The number of aliphatic hydroxyl groups is 1. The first-order valence-electron chi connectivity index (χ1n) is 9.95. The predicted molar refractivity (Wildman–Crippen MR) is 116 cm³/mol. The molecule has 0 saturated carbocycles. The van der Waals surface area contributed by atoms with Gasteiger partial charge in [-0.3, -0.25) is 4.79 Å². The topological polar surface area (TPSA) is 89.3 Å². The molecule has 31 heavy (non-hydrogen) atoms. The van der Waals surface area contributed by atoms with Crippen LogP contribution in [0, 0.1) is 0 Å². The van der Waals surface area contributed by atoms with Gasteiger partial charge in [-0.2, -0.15) is 0 Å². The lowest BCUT2D eigenvalue weighted by Gasteiger charge is -2.26. The van der Waals surface area contributed by atoms with Crippen LogP contribution in [0.25, 0.3) is 11.3 Å². The van der Waals surface area contributed by atoms with Crippen LogP contribution in [-0.2, 0) is 4.74 Å². The number of aliphatic hydroxyl groups excluding tert-OH is 1. The fourth-order valence-corrected chi connectivity index (χ4v) is 3.79. The first-order valence-corrected chi connectivity index (χ1v) is 10.3. The molecule has 162 valence electrons. The van der Waals surface area contributed by atoms with Crippen molar-refractivity contribution in [3.05, 3.63) is 75.8 Å². The van der Waals surface area contributed by atoms with Crippen LogP contribution in [0.3, 0.4) is 0 Å². The Hall–Kier alpha value is -2.81. The number of anilines is 1. The van der Waals surface area contributed by atoms with E-state index in [-0.39, 0.29) is 18.8 Å². The number of hydrogen-bond donors (Lipinski definition) is 2. The van der Waals surface area contributed by atoms with Crippen molar-refractivity contribution in [3.63, 3.8) is 0 Å². The van der Waals surface area contributed by atoms with E-state index in [9.17, 15) is 14.3 Å². The Kier molecular flexibility index (Phi) is 6.60.